The fourth-order valence-electron chi connectivity index (χ4n) is 5.96. The zero-order chi connectivity index (χ0) is 33.6. The minimum Gasteiger partial charge on any atom is -0.352 e. The number of aryl methyl sites for hydroxylation is 2. The summed E-state index contributed by atoms with van der Waals surface area (Å²) in [4.78, 5) is 30.3. The molecule has 0 aromatic heterocycles. The molecule has 4 aromatic carbocycles. The van der Waals surface area contributed by atoms with E-state index in [4.69, 9.17) is 23.2 Å². The monoisotopic (exact) mass is 691 g/mol. The number of rotatable bonds is 12. The van der Waals surface area contributed by atoms with E-state index in [1.54, 1.807) is 18.2 Å². The predicted octanol–water partition coefficient (Wildman–Crippen LogP) is 7.50. The quantitative estimate of drug-likeness (QED) is 0.167. The minimum atomic E-state index is -4.30. The third-order valence-electron chi connectivity index (χ3n) is 8.47. The van der Waals surface area contributed by atoms with Crippen LogP contribution >= 0.6 is 23.2 Å². The molecule has 1 unspecified atom stereocenters. The molecule has 1 fully saturated rings. The Kier molecular flexibility index (Phi) is 11.3. The van der Waals surface area contributed by atoms with Crippen molar-refractivity contribution in [1.29, 1.82) is 0 Å². The van der Waals surface area contributed by atoms with Gasteiger partial charge < -0.3 is 10.2 Å². The van der Waals surface area contributed by atoms with E-state index in [-0.39, 0.29) is 45.5 Å². The summed E-state index contributed by atoms with van der Waals surface area (Å²) in [7, 11) is -4.30. The van der Waals surface area contributed by atoms with Crippen molar-refractivity contribution in [3.05, 3.63) is 129 Å². The second-order valence-corrected chi connectivity index (χ2v) is 14.8. The molecular weight excluding hydrogens is 653 g/mol. The van der Waals surface area contributed by atoms with Gasteiger partial charge in [-0.3, -0.25) is 13.9 Å². The van der Waals surface area contributed by atoms with Crippen LogP contribution in [0.3, 0.4) is 0 Å². The van der Waals surface area contributed by atoms with Gasteiger partial charge in [-0.25, -0.2) is 8.42 Å². The molecule has 2 amide bonds. The normalized spacial score (nSPS) is 14.0. The number of nitrogens with zero attached hydrogens (tertiary/aromatic N) is 2. The van der Waals surface area contributed by atoms with Gasteiger partial charge in [-0.1, -0.05) is 114 Å². The third-order valence-corrected chi connectivity index (χ3v) is 10.8. The maximum absolute atomic E-state index is 14.7. The number of sulfonamides is 1. The van der Waals surface area contributed by atoms with Crippen molar-refractivity contribution < 1.29 is 18.0 Å². The number of benzene rings is 4. The number of hydrogen-bond donors (Lipinski definition) is 1. The van der Waals surface area contributed by atoms with E-state index in [0.717, 1.165) is 52.2 Å². The molecular formula is C37H39Cl2N3O4S. The van der Waals surface area contributed by atoms with Crippen molar-refractivity contribution in [2.24, 2.45) is 0 Å². The molecule has 7 nitrogen and oxygen atoms in total. The molecule has 0 saturated heterocycles. The molecule has 246 valence electrons. The number of carbonyl (C=O) groups is 2. The summed E-state index contributed by atoms with van der Waals surface area (Å²) in [5.74, 6) is -0.823. The lowest BCUT2D eigenvalue weighted by Gasteiger charge is -2.34. The van der Waals surface area contributed by atoms with E-state index in [1.807, 2.05) is 68.4 Å². The largest absolute Gasteiger partial charge is 0.352 e. The van der Waals surface area contributed by atoms with E-state index in [1.165, 1.54) is 29.2 Å². The maximum Gasteiger partial charge on any atom is 0.264 e. The topological polar surface area (TPSA) is 86.8 Å². The molecule has 0 bridgehead atoms. The molecule has 4 aromatic rings. The molecule has 1 aliphatic rings. The first kappa shape index (κ1) is 34.5. The predicted molar refractivity (Wildman–Crippen MR) is 188 cm³/mol. The molecule has 1 aliphatic carbocycles. The lowest BCUT2D eigenvalue weighted by Crippen LogP contribution is -2.54. The van der Waals surface area contributed by atoms with E-state index < -0.39 is 28.5 Å². The van der Waals surface area contributed by atoms with Crippen molar-refractivity contribution >= 4 is 50.7 Å². The van der Waals surface area contributed by atoms with Gasteiger partial charge in [-0.05, 0) is 68.1 Å². The van der Waals surface area contributed by atoms with E-state index in [9.17, 15) is 18.0 Å². The molecule has 0 radical (unpaired) electrons. The van der Waals surface area contributed by atoms with Gasteiger partial charge in [0.25, 0.3) is 10.0 Å². The van der Waals surface area contributed by atoms with Gasteiger partial charge in [-0.15, -0.1) is 0 Å². The van der Waals surface area contributed by atoms with Crippen LogP contribution in [0.25, 0.3) is 0 Å². The van der Waals surface area contributed by atoms with Crippen LogP contribution in [-0.4, -0.2) is 43.8 Å². The molecule has 5 rings (SSSR count). The smallest absolute Gasteiger partial charge is 0.264 e. The van der Waals surface area contributed by atoms with Gasteiger partial charge in [-0.2, -0.15) is 0 Å². The van der Waals surface area contributed by atoms with E-state index >= 15 is 0 Å². The highest BCUT2D eigenvalue weighted by atomic mass is 35.5. The van der Waals surface area contributed by atoms with E-state index in [0.29, 0.717) is 0 Å². The summed E-state index contributed by atoms with van der Waals surface area (Å²) >= 11 is 12.9. The highest BCUT2D eigenvalue weighted by molar-refractivity contribution is 7.92. The molecule has 47 heavy (non-hydrogen) atoms. The molecule has 1 N–H and O–H groups in total. The Hall–Kier alpha value is -3.85. The van der Waals surface area contributed by atoms with Crippen LogP contribution in [-0.2, 0) is 32.6 Å². The Morgan fingerprint density at radius 2 is 1.51 bits per heavy atom. The van der Waals surface area contributed by atoms with Crippen LogP contribution in [0, 0.1) is 13.8 Å². The number of nitrogens with one attached hydrogen (secondary N) is 1. The Balaban J connectivity index is 1.59. The first-order valence-electron chi connectivity index (χ1n) is 15.7. The third kappa shape index (κ3) is 8.74. The average Bonchev–Trinajstić information content (AvgIpc) is 3.56. The maximum atomic E-state index is 14.7. The number of halogens is 2. The molecule has 0 aliphatic heterocycles. The Labute approximate surface area is 287 Å². The number of hydrogen-bond acceptors (Lipinski definition) is 4. The number of carbonyl (C=O) groups excluding carboxylic acids is 2. The standard InChI is InChI=1S/C37H39Cl2N3O4S/c1-26-15-18-32(19-16-26)47(45,46)42(34-23-30(38)17-20-33(34)39)25-36(43)41(24-29-12-8-9-27(2)21-29)35(22-28-10-4-3-5-11-28)37(44)40-31-13-6-7-14-31/h3-5,8-12,15-21,23,31,35H,6-7,13-14,22,24-25H2,1-2H3,(H,40,44). The summed E-state index contributed by atoms with van der Waals surface area (Å²) in [6.07, 6.45) is 4.08. The van der Waals surface area contributed by atoms with Crippen LogP contribution in [0.5, 0.6) is 0 Å². The minimum absolute atomic E-state index is 0.00279. The van der Waals surface area contributed by atoms with E-state index in [2.05, 4.69) is 5.32 Å². The van der Waals surface area contributed by atoms with Gasteiger partial charge in [0.15, 0.2) is 0 Å². The Bertz CT molecular complexity index is 1810. The SMILES string of the molecule is Cc1ccc(S(=O)(=O)N(CC(=O)N(Cc2cccc(C)c2)C(Cc2ccccc2)C(=O)NC2CCCC2)c2cc(Cl)ccc2Cl)cc1. The van der Waals surface area contributed by atoms with Crippen molar-refractivity contribution in [1.82, 2.24) is 10.2 Å². The molecule has 1 atom stereocenters. The second-order valence-electron chi connectivity index (χ2n) is 12.1. The molecule has 0 spiro atoms. The fourth-order valence-corrected chi connectivity index (χ4v) is 7.82. The van der Waals surface area contributed by atoms with Crippen LogP contribution in [0.1, 0.15) is 47.9 Å². The number of amides is 2. The second kappa shape index (κ2) is 15.4. The van der Waals surface area contributed by atoms with Crippen molar-refractivity contribution in [2.45, 2.75) is 69.5 Å². The van der Waals surface area contributed by atoms with Crippen LogP contribution in [0.2, 0.25) is 10.0 Å². The van der Waals surface area contributed by atoms with Crippen molar-refractivity contribution in [3.8, 4) is 0 Å². The Morgan fingerprint density at radius 1 is 0.830 bits per heavy atom. The van der Waals surface area contributed by atoms with Crippen LogP contribution in [0.4, 0.5) is 5.69 Å². The van der Waals surface area contributed by atoms with Gasteiger partial charge in [0.05, 0.1) is 15.6 Å². The van der Waals surface area contributed by atoms with Gasteiger partial charge in [0, 0.05) is 24.0 Å². The zero-order valence-corrected chi connectivity index (χ0v) is 28.9. The van der Waals surface area contributed by atoms with Crippen LogP contribution < -0.4 is 9.62 Å². The summed E-state index contributed by atoms with van der Waals surface area (Å²) in [5, 5.41) is 3.56. The lowest BCUT2D eigenvalue weighted by molar-refractivity contribution is -0.140. The van der Waals surface area contributed by atoms with Crippen LogP contribution in [0.15, 0.2) is 102 Å². The lowest BCUT2D eigenvalue weighted by atomic mass is 10.0. The highest BCUT2D eigenvalue weighted by Gasteiger charge is 2.36. The number of anilines is 1. The fraction of sp³-hybridized carbons (Fsp3) is 0.297. The van der Waals surface area contributed by atoms with Crippen molar-refractivity contribution in [2.75, 3.05) is 10.8 Å². The first-order chi connectivity index (χ1) is 22.5. The Morgan fingerprint density at radius 3 is 2.19 bits per heavy atom. The first-order valence-corrected chi connectivity index (χ1v) is 17.9. The van der Waals surface area contributed by atoms with Gasteiger partial charge in [0.2, 0.25) is 11.8 Å². The van der Waals surface area contributed by atoms with Gasteiger partial charge >= 0.3 is 0 Å². The zero-order valence-electron chi connectivity index (χ0n) is 26.5. The highest BCUT2D eigenvalue weighted by Crippen LogP contribution is 2.33. The molecule has 10 heteroatoms. The molecule has 1 saturated carbocycles. The summed E-state index contributed by atoms with van der Waals surface area (Å²) in [6, 6.07) is 27.2. The van der Waals surface area contributed by atoms with Gasteiger partial charge in [0.1, 0.15) is 12.6 Å². The summed E-state index contributed by atoms with van der Waals surface area (Å²) in [5.41, 5.74) is 3.65. The summed E-state index contributed by atoms with van der Waals surface area (Å²) < 4.78 is 29.5. The van der Waals surface area contributed by atoms with Crippen molar-refractivity contribution in [3.63, 3.8) is 0 Å². The molecule has 0 heterocycles. The summed E-state index contributed by atoms with van der Waals surface area (Å²) in [6.45, 7) is 3.31. The average molecular weight is 693 g/mol.